The number of nitrogens with two attached hydrogens (primary N) is 1. The molecule has 1 aromatic rings. The van der Waals surface area contributed by atoms with Crippen LogP contribution >= 0.6 is 12.2 Å². The maximum absolute atomic E-state index is 5.71. The lowest BCUT2D eigenvalue weighted by atomic mass is 10.0. The Labute approximate surface area is 119 Å². The fraction of sp³-hybridized carbons (Fsp3) is 0.615. The quantitative estimate of drug-likeness (QED) is 0.838. The highest BCUT2D eigenvalue weighted by atomic mass is 32.1. The fourth-order valence-electron chi connectivity index (χ4n) is 2.26. The molecule has 1 saturated heterocycles. The van der Waals surface area contributed by atoms with Crippen LogP contribution in [0.25, 0.3) is 0 Å². The van der Waals surface area contributed by atoms with Gasteiger partial charge in [-0.2, -0.15) is 4.98 Å². The van der Waals surface area contributed by atoms with Gasteiger partial charge in [-0.1, -0.05) is 18.6 Å². The minimum atomic E-state index is 0.269. The third-order valence-corrected chi connectivity index (χ3v) is 3.62. The van der Waals surface area contributed by atoms with Crippen molar-refractivity contribution < 1.29 is 4.74 Å². The summed E-state index contributed by atoms with van der Waals surface area (Å²) < 4.78 is 5.71. The molecule has 1 atom stereocenters. The van der Waals surface area contributed by atoms with E-state index in [4.69, 9.17) is 22.7 Å². The van der Waals surface area contributed by atoms with Gasteiger partial charge in [-0.25, -0.2) is 4.98 Å². The van der Waals surface area contributed by atoms with E-state index in [0.29, 0.717) is 24.4 Å². The zero-order valence-corrected chi connectivity index (χ0v) is 12.2. The van der Waals surface area contributed by atoms with Crippen molar-refractivity contribution in [2.75, 3.05) is 20.2 Å². The number of likely N-dealkylation sites (N-methyl/N-ethyl adjacent to an activating group) is 1. The smallest absolute Gasteiger partial charge is 0.317 e. The molecule has 1 fully saturated rings. The predicted octanol–water partition coefficient (Wildman–Crippen LogP) is 1.28. The number of aryl methyl sites for hydroxylation is 1. The summed E-state index contributed by atoms with van der Waals surface area (Å²) in [6.07, 6.45) is 3.68. The highest BCUT2D eigenvalue weighted by molar-refractivity contribution is 7.80. The molecule has 0 saturated carbocycles. The number of ether oxygens (including phenoxy) is 1. The number of rotatable bonds is 4. The Morgan fingerprint density at radius 1 is 1.53 bits per heavy atom. The third-order valence-electron chi connectivity index (χ3n) is 3.41. The Morgan fingerprint density at radius 3 is 3.00 bits per heavy atom. The van der Waals surface area contributed by atoms with E-state index in [-0.39, 0.29) is 4.99 Å². The van der Waals surface area contributed by atoms with E-state index < -0.39 is 0 Å². The highest BCUT2D eigenvalue weighted by Gasteiger charge is 2.20. The second-order valence-electron chi connectivity index (χ2n) is 4.98. The van der Waals surface area contributed by atoms with Gasteiger partial charge in [0.2, 0.25) is 0 Å². The summed E-state index contributed by atoms with van der Waals surface area (Å²) in [5.74, 6) is 0. The molecule has 1 aliphatic heterocycles. The van der Waals surface area contributed by atoms with Crippen LogP contribution in [0.4, 0.5) is 0 Å². The summed E-state index contributed by atoms with van der Waals surface area (Å²) in [5.41, 5.74) is 6.96. The van der Waals surface area contributed by atoms with Crippen molar-refractivity contribution in [2.24, 2.45) is 5.73 Å². The van der Waals surface area contributed by atoms with Gasteiger partial charge in [0.05, 0.1) is 0 Å². The summed E-state index contributed by atoms with van der Waals surface area (Å²) in [7, 11) is 2.13. The zero-order valence-electron chi connectivity index (χ0n) is 11.4. The number of hydrogen-bond acceptors (Lipinski definition) is 5. The second kappa shape index (κ2) is 6.25. The topological polar surface area (TPSA) is 64.3 Å². The van der Waals surface area contributed by atoms with E-state index >= 15 is 0 Å². The summed E-state index contributed by atoms with van der Waals surface area (Å²) in [4.78, 5) is 11.1. The number of hydrogen-bond donors (Lipinski definition) is 1. The largest absolute Gasteiger partial charge is 0.462 e. The highest BCUT2D eigenvalue weighted by Crippen LogP contribution is 2.16. The van der Waals surface area contributed by atoms with Crippen LogP contribution in [0.1, 0.15) is 30.7 Å². The van der Waals surface area contributed by atoms with Crippen molar-refractivity contribution in [3.8, 4) is 6.01 Å². The molecule has 0 amide bonds. The van der Waals surface area contributed by atoms with E-state index in [0.717, 1.165) is 18.7 Å². The van der Waals surface area contributed by atoms with Crippen molar-refractivity contribution in [2.45, 2.75) is 32.2 Å². The molecule has 0 radical (unpaired) electrons. The Hall–Kier alpha value is -1.27. The normalized spacial score (nSPS) is 20.2. The molecule has 1 aromatic heterocycles. The maximum Gasteiger partial charge on any atom is 0.317 e. The van der Waals surface area contributed by atoms with Gasteiger partial charge in [0.15, 0.2) is 0 Å². The van der Waals surface area contributed by atoms with Crippen molar-refractivity contribution in [3.63, 3.8) is 0 Å². The van der Waals surface area contributed by atoms with Crippen LogP contribution in [0.15, 0.2) is 6.07 Å². The van der Waals surface area contributed by atoms with E-state index in [2.05, 4.69) is 21.9 Å². The molecule has 0 spiro atoms. The average Bonchev–Trinajstić information content (AvgIpc) is 2.37. The standard InChI is InChI=1S/C13H20N4OS/c1-9-7-11(12(14)19)16-13(15-9)18-8-10-5-3-4-6-17(10)2/h7,10H,3-6,8H2,1-2H3,(H2,14,19). The Morgan fingerprint density at radius 2 is 2.32 bits per heavy atom. The van der Waals surface area contributed by atoms with E-state index in [1.807, 2.05) is 6.92 Å². The maximum atomic E-state index is 5.71. The molecule has 2 heterocycles. The molecule has 6 heteroatoms. The minimum absolute atomic E-state index is 0.269. The zero-order chi connectivity index (χ0) is 13.8. The number of thiocarbonyl (C=S) groups is 1. The molecule has 0 aliphatic carbocycles. The van der Waals surface area contributed by atoms with Gasteiger partial charge in [-0.3, -0.25) is 0 Å². The Balaban J connectivity index is 2.00. The molecule has 0 aromatic carbocycles. The fourth-order valence-corrected chi connectivity index (χ4v) is 2.36. The van der Waals surface area contributed by atoms with Crippen molar-refractivity contribution in [1.82, 2.24) is 14.9 Å². The van der Waals surface area contributed by atoms with Crippen LogP contribution in [0, 0.1) is 6.92 Å². The Kier molecular flexibility index (Phi) is 4.66. The lowest BCUT2D eigenvalue weighted by Gasteiger charge is -2.31. The van der Waals surface area contributed by atoms with Crippen LogP contribution in [-0.2, 0) is 0 Å². The van der Waals surface area contributed by atoms with Gasteiger partial charge in [0.25, 0.3) is 0 Å². The SMILES string of the molecule is Cc1cc(C(N)=S)nc(OCC2CCCCN2C)n1. The monoisotopic (exact) mass is 280 g/mol. The second-order valence-corrected chi connectivity index (χ2v) is 5.42. The molecule has 19 heavy (non-hydrogen) atoms. The third kappa shape index (κ3) is 3.84. The first-order chi connectivity index (χ1) is 9.06. The van der Waals surface area contributed by atoms with E-state index in [9.17, 15) is 0 Å². The van der Waals surface area contributed by atoms with E-state index in [1.165, 1.54) is 12.8 Å². The molecule has 1 unspecified atom stereocenters. The summed E-state index contributed by atoms with van der Waals surface area (Å²) >= 11 is 4.93. The van der Waals surface area contributed by atoms with Crippen molar-refractivity contribution in [3.05, 3.63) is 17.5 Å². The van der Waals surface area contributed by atoms with Crippen LogP contribution in [0.3, 0.4) is 0 Å². The van der Waals surface area contributed by atoms with Gasteiger partial charge in [-0.15, -0.1) is 0 Å². The molecule has 2 N–H and O–H groups in total. The number of aromatic nitrogens is 2. The number of likely N-dealkylation sites (tertiary alicyclic amines) is 1. The summed E-state index contributed by atoms with van der Waals surface area (Å²) in [5, 5.41) is 0. The minimum Gasteiger partial charge on any atom is -0.462 e. The lowest BCUT2D eigenvalue weighted by Crippen LogP contribution is -2.40. The molecule has 0 bridgehead atoms. The van der Waals surface area contributed by atoms with Gasteiger partial charge >= 0.3 is 6.01 Å². The van der Waals surface area contributed by atoms with Crippen LogP contribution in [0.5, 0.6) is 6.01 Å². The summed E-state index contributed by atoms with van der Waals surface area (Å²) in [6.45, 7) is 3.61. The first-order valence-electron chi connectivity index (χ1n) is 6.55. The first-order valence-corrected chi connectivity index (χ1v) is 6.95. The van der Waals surface area contributed by atoms with Gasteiger partial charge in [-0.05, 0) is 39.4 Å². The average molecular weight is 280 g/mol. The predicted molar refractivity (Wildman–Crippen MR) is 78.4 cm³/mol. The van der Waals surface area contributed by atoms with Crippen molar-refractivity contribution >= 4 is 17.2 Å². The van der Waals surface area contributed by atoms with E-state index in [1.54, 1.807) is 6.07 Å². The first kappa shape index (κ1) is 14.1. The molecular weight excluding hydrogens is 260 g/mol. The Bertz CT molecular complexity index is 466. The van der Waals surface area contributed by atoms with Gasteiger partial charge in [0, 0.05) is 11.7 Å². The van der Waals surface area contributed by atoms with Crippen molar-refractivity contribution in [1.29, 1.82) is 0 Å². The summed E-state index contributed by atoms with van der Waals surface area (Å²) in [6, 6.07) is 2.56. The molecule has 2 rings (SSSR count). The molecule has 5 nitrogen and oxygen atoms in total. The number of piperidine rings is 1. The number of nitrogens with zero attached hydrogens (tertiary/aromatic N) is 3. The molecule has 1 aliphatic rings. The lowest BCUT2D eigenvalue weighted by molar-refractivity contribution is 0.119. The van der Waals surface area contributed by atoms with Crippen LogP contribution < -0.4 is 10.5 Å². The van der Waals surface area contributed by atoms with Crippen LogP contribution in [0.2, 0.25) is 0 Å². The van der Waals surface area contributed by atoms with Crippen LogP contribution in [-0.4, -0.2) is 46.1 Å². The van der Waals surface area contributed by atoms with Gasteiger partial charge < -0.3 is 15.4 Å². The molecule has 104 valence electrons. The van der Waals surface area contributed by atoms with Gasteiger partial charge in [0.1, 0.15) is 17.3 Å². The molecular formula is C13H20N4OS.